The van der Waals surface area contributed by atoms with Gasteiger partial charge in [-0.25, -0.2) is 0 Å². The molecule has 3 N–H and O–H groups in total. The van der Waals surface area contributed by atoms with E-state index in [1.54, 1.807) is 0 Å². The van der Waals surface area contributed by atoms with Crippen molar-refractivity contribution in [1.82, 2.24) is 10.2 Å². The van der Waals surface area contributed by atoms with Crippen LogP contribution in [0.5, 0.6) is 0 Å². The molecule has 4 heteroatoms. The summed E-state index contributed by atoms with van der Waals surface area (Å²) in [5.74, 6) is 0.0387. The number of benzene rings is 1. The first-order chi connectivity index (χ1) is 10.3. The van der Waals surface area contributed by atoms with Gasteiger partial charge >= 0.3 is 0 Å². The van der Waals surface area contributed by atoms with E-state index in [-0.39, 0.29) is 5.91 Å². The Morgan fingerprint density at radius 1 is 1.19 bits per heavy atom. The van der Waals surface area contributed by atoms with Crippen molar-refractivity contribution < 1.29 is 4.79 Å². The lowest BCUT2D eigenvalue weighted by molar-refractivity contribution is 0.0936. The van der Waals surface area contributed by atoms with Gasteiger partial charge in [0.1, 0.15) is 0 Å². The number of carbonyl (C=O) groups excluding carboxylic acids is 1. The fraction of sp³-hybridized carbons (Fsp3) is 0.588. The summed E-state index contributed by atoms with van der Waals surface area (Å²) in [7, 11) is 0. The summed E-state index contributed by atoms with van der Waals surface area (Å²) in [5.41, 5.74) is 7.36. The van der Waals surface area contributed by atoms with E-state index in [1.165, 1.54) is 25.7 Å². The number of carbonyl (C=O) groups is 1. The molecule has 114 valence electrons. The Hall–Kier alpha value is -1.39. The average molecular weight is 287 g/mol. The Morgan fingerprint density at radius 3 is 2.57 bits per heavy atom. The molecule has 0 bridgehead atoms. The van der Waals surface area contributed by atoms with Crippen LogP contribution in [0.15, 0.2) is 24.3 Å². The highest BCUT2D eigenvalue weighted by atomic mass is 16.1. The lowest BCUT2D eigenvalue weighted by Crippen LogP contribution is -2.39. The highest BCUT2D eigenvalue weighted by molar-refractivity contribution is 5.94. The summed E-state index contributed by atoms with van der Waals surface area (Å²) < 4.78 is 0. The number of likely N-dealkylation sites (tertiary alicyclic amines) is 1. The molecule has 1 heterocycles. The van der Waals surface area contributed by atoms with Gasteiger partial charge in [-0.3, -0.25) is 9.69 Å². The Bertz CT molecular complexity index is 479. The van der Waals surface area contributed by atoms with E-state index in [2.05, 4.69) is 10.2 Å². The molecule has 1 unspecified atom stereocenters. The normalized spacial score (nSPS) is 23.6. The molecule has 0 spiro atoms. The molecule has 1 aliphatic heterocycles. The SMILES string of the molecule is NCc1ccc(C(=O)NC2CCN(C3CCCC3)C2)cc1. The van der Waals surface area contributed by atoms with E-state index < -0.39 is 0 Å². The zero-order valence-electron chi connectivity index (χ0n) is 12.6. The third-order valence-corrected chi connectivity index (χ3v) is 4.85. The molecule has 1 aromatic carbocycles. The first-order valence-electron chi connectivity index (χ1n) is 8.10. The molecule has 0 radical (unpaired) electrons. The van der Waals surface area contributed by atoms with Crippen LogP contribution in [-0.4, -0.2) is 36.0 Å². The monoisotopic (exact) mass is 287 g/mol. The second kappa shape index (κ2) is 6.58. The summed E-state index contributed by atoms with van der Waals surface area (Å²) in [6.07, 6.45) is 6.48. The summed E-state index contributed by atoms with van der Waals surface area (Å²) >= 11 is 0. The number of rotatable bonds is 4. The second-order valence-electron chi connectivity index (χ2n) is 6.29. The van der Waals surface area contributed by atoms with E-state index in [9.17, 15) is 4.79 Å². The number of nitrogens with zero attached hydrogens (tertiary/aromatic N) is 1. The highest BCUT2D eigenvalue weighted by Crippen LogP contribution is 2.26. The zero-order chi connectivity index (χ0) is 14.7. The van der Waals surface area contributed by atoms with Crippen LogP contribution in [0.4, 0.5) is 0 Å². The van der Waals surface area contributed by atoms with Gasteiger partial charge in [-0.15, -0.1) is 0 Å². The standard InChI is InChI=1S/C17H25N3O/c18-11-13-5-7-14(8-6-13)17(21)19-15-9-10-20(12-15)16-3-1-2-4-16/h5-8,15-16H,1-4,9-12,18H2,(H,19,21). The second-order valence-corrected chi connectivity index (χ2v) is 6.29. The number of hydrogen-bond donors (Lipinski definition) is 2. The predicted octanol–water partition coefficient (Wildman–Crippen LogP) is 1.89. The third kappa shape index (κ3) is 3.44. The largest absolute Gasteiger partial charge is 0.348 e. The Balaban J connectivity index is 1.52. The van der Waals surface area contributed by atoms with Crippen molar-refractivity contribution in [1.29, 1.82) is 0 Å². The minimum Gasteiger partial charge on any atom is -0.348 e. The molecular weight excluding hydrogens is 262 g/mol. The van der Waals surface area contributed by atoms with Crippen LogP contribution >= 0.6 is 0 Å². The maximum Gasteiger partial charge on any atom is 0.251 e. The van der Waals surface area contributed by atoms with Gasteiger partial charge in [0.2, 0.25) is 0 Å². The van der Waals surface area contributed by atoms with Crippen LogP contribution in [0.3, 0.4) is 0 Å². The van der Waals surface area contributed by atoms with E-state index in [1.807, 2.05) is 24.3 Å². The van der Waals surface area contributed by atoms with Crippen molar-refractivity contribution in [2.24, 2.45) is 5.73 Å². The predicted molar refractivity (Wildman–Crippen MR) is 84.0 cm³/mol. The number of amides is 1. The minimum absolute atomic E-state index is 0.0387. The quantitative estimate of drug-likeness (QED) is 0.889. The molecule has 0 aromatic heterocycles. The van der Waals surface area contributed by atoms with Crippen molar-refractivity contribution in [2.45, 2.75) is 50.7 Å². The molecule has 2 aliphatic rings. The van der Waals surface area contributed by atoms with E-state index in [0.29, 0.717) is 12.6 Å². The molecule has 4 nitrogen and oxygen atoms in total. The topological polar surface area (TPSA) is 58.4 Å². The van der Waals surface area contributed by atoms with Crippen LogP contribution in [-0.2, 0) is 6.54 Å². The Kier molecular flexibility index (Phi) is 4.56. The van der Waals surface area contributed by atoms with E-state index >= 15 is 0 Å². The molecule has 3 rings (SSSR count). The van der Waals surface area contributed by atoms with Crippen LogP contribution in [0.25, 0.3) is 0 Å². The maximum absolute atomic E-state index is 12.3. The molecule has 1 atom stereocenters. The first-order valence-corrected chi connectivity index (χ1v) is 8.10. The lowest BCUT2D eigenvalue weighted by atomic mass is 10.1. The molecule has 1 amide bonds. The van der Waals surface area contributed by atoms with Crippen molar-refractivity contribution in [3.8, 4) is 0 Å². The zero-order valence-corrected chi connectivity index (χ0v) is 12.6. The van der Waals surface area contributed by atoms with Crippen LogP contribution < -0.4 is 11.1 Å². The first kappa shape index (κ1) is 14.5. The minimum atomic E-state index is 0.0387. The fourth-order valence-electron chi connectivity index (χ4n) is 3.57. The summed E-state index contributed by atoms with van der Waals surface area (Å²) in [4.78, 5) is 14.8. The summed E-state index contributed by atoms with van der Waals surface area (Å²) in [6, 6.07) is 8.63. The van der Waals surface area contributed by atoms with Gasteiger partial charge in [0, 0.05) is 37.3 Å². The van der Waals surface area contributed by atoms with Gasteiger partial charge in [-0.1, -0.05) is 25.0 Å². The number of nitrogens with two attached hydrogens (primary N) is 1. The van der Waals surface area contributed by atoms with Crippen molar-refractivity contribution in [2.75, 3.05) is 13.1 Å². The molecule has 1 saturated carbocycles. The molecule has 1 saturated heterocycles. The number of hydrogen-bond acceptors (Lipinski definition) is 3. The molecule has 2 fully saturated rings. The average Bonchev–Trinajstić information content (AvgIpc) is 3.18. The smallest absolute Gasteiger partial charge is 0.251 e. The lowest BCUT2D eigenvalue weighted by Gasteiger charge is -2.23. The van der Waals surface area contributed by atoms with Gasteiger partial charge in [-0.2, -0.15) is 0 Å². The van der Waals surface area contributed by atoms with Crippen molar-refractivity contribution in [3.05, 3.63) is 35.4 Å². The van der Waals surface area contributed by atoms with Gasteiger partial charge in [-0.05, 0) is 37.0 Å². The molecular formula is C17H25N3O. The Labute approximate surface area is 126 Å². The van der Waals surface area contributed by atoms with Gasteiger partial charge in [0.15, 0.2) is 0 Å². The Morgan fingerprint density at radius 2 is 1.90 bits per heavy atom. The van der Waals surface area contributed by atoms with E-state index in [4.69, 9.17) is 5.73 Å². The highest BCUT2D eigenvalue weighted by Gasteiger charge is 2.30. The van der Waals surface area contributed by atoms with Gasteiger partial charge in [0.25, 0.3) is 5.91 Å². The third-order valence-electron chi connectivity index (χ3n) is 4.85. The summed E-state index contributed by atoms with van der Waals surface area (Å²) in [5, 5.41) is 3.17. The van der Waals surface area contributed by atoms with Crippen LogP contribution in [0, 0.1) is 0 Å². The number of nitrogens with one attached hydrogen (secondary N) is 1. The summed E-state index contributed by atoms with van der Waals surface area (Å²) in [6.45, 7) is 2.65. The molecule has 21 heavy (non-hydrogen) atoms. The maximum atomic E-state index is 12.3. The van der Waals surface area contributed by atoms with Crippen molar-refractivity contribution >= 4 is 5.91 Å². The van der Waals surface area contributed by atoms with E-state index in [0.717, 1.165) is 36.7 Å². The van der Waals surface area contributed by atoms with Crippen molar-refractivity contribution in [3.63, 3.8) is 0 Å². The molecule has 1 aromatic rings. The van der Waals surface area contributed by atoms with Crippen LogP contribution in [0.2, 0.25) is 0 Å². The van der Waals surface area contributed by atoms with Gasteiger partial charge in [0.05, 0.1) is 0 Å². The van der Waals surface area contributed by atoms with Gasteiger partial charge < -0.3 is 11.1 Å². The fourth-order valence-corrected chi connectivity index (χ4v) is 3.57. The van der Waals surface area contributed by atoms with Crippen LogP contribution in [0.1, 0.15) is 48.0 Å². The molecule has 1 aliphatic carbocycles.